The van der Waals surface area contributed by atoms with Crippen LogP contribution in [0.25, 0.3) is 0 Å². The first kappa shape index (κ1) is 11.7. The van der Waals surface area contributed by atoms with Crippen LogP contribution in [-0.2, 0) is 11.3 Å². The lowest BCUT2D eigenvalue weighted by molar-refractivity contribution is -0.138. The van der Waals surface area contributed by atoms with Crippen molar-refractivity contribution in [3.63, 3.8) is 0 Å². The minimum Gasteiger partial charge on any atom is -0.480 e. The van der Waals surface area contributed by atoms with Gasteiger partial charge in [-0.2, -0.15) is 0 Å². The number of nitrogens with one attached hydrogen (secondary N) is 1. The summed E-state index contributed by atoms with van der Waals surface area (Å²) in [6.45, 7) is 1.48. The summed E-state index contributed by atoms with van der Waals surface area (Å²) in [4.78, 5) is 15.5. The van der Waals surface area contributed by atoms with Crippen LogP contribution < -0.4 is 5.73 Å². The number of H-pyrrole nitrogens is 1. The number of aliphatic carboxylic acids is 1. The van der Waals surface area contributed by atoms with E-state index in [1.54, 1.807) is 0 Å². The van der Waals surface area contributed by atoms with E-state index in [1.807, 2.05) is 30.4 Å². The van der Waals surface area contributed by atoms with Crippen molar-refractivity contribution < 1.29 is 9.90 Å². The molecule has 1 atom stereocenters. The molecule has 0 spiro atoms. The second kappa shape index (κ2) is 5.53. The number of aromatic nitrogens is 1. The lowest BCUT2D eigenvalue weighted by Crippen LogP contribution is -2.34. The molecule has 4 N–H and O–H groups in total. The summed E-state index contributed by atoms with van der Waals surface area (Å²) in [6, 6.07) is 1.23. The normalized spacial score (nSPS) is 13.0. The lowest BCUT2D eigenvalue weighted by Gasteiger charge is -2.16. The first-order valence-electron chi connectivity index (χ1n) is 4.88. The van der Waals surface area contributed by atoms with Crippen LogP contribution in [0.2, 0.25) is 0 Å². The summed E-state index contributed by atoms with van der Waals surface area (Å²) < 4.78 is 0. The van der Waals surface area contributed by atoms with Gasteiger partial charge in [0.25, 0.3) is 0 Å². The third-order valence-corrected chi connectivity index (χ3v) is 2.25. The maximum atomic E-state index is 10.5. The summed E-state index contributed by atoms with van der Waals surface area (Å²) in [5, 5.41) is 8.60. The van der Waals surface area contributed by atoms with Crippen LogP contribution in [0, 0.1) is 0 Å². The number of aromatic amines is 1. The Morgan fingerprint density at radius 2 is 2.47 bits per heavy atom. The first-order valence-corrected chi connectivity index (χ1v) is 4.88. The van der Waals surface area contributed by atoms with Crippen molar-refractivity contribution in [3.8, 4) is 0 Å². The quantitative estimate of drug-likeness (QED) is 0.630. The molecule has 84 valence electrons. The molecule has 0 saturated carbocycles. The zero-order valence-electron chi connectivity index (χ0n) is 8.81. The molecule has 0 aromatic carbocycles. The molecule has 1 aromatic rings. The van der Waals surface area contributed by atoms with Crippen molar-refractivity contribution in [2.75, 3.05) is 13.6 Å². The van der Waals surface area contributed by atoms with Crippen molar-refractivity contribution in [2.24, 2.45) is 5.73 Å². The molecular weight excluding hydrogens is 194 g/mol. The fraction of sp³-hybridized carbons (Fsp3) is 0.500. The highest BCUT2D eigenvalue weighted by atomic mass is 16.4. The number of hydrogen-bond acceptors (Lipinski definition) is 3. The first-order chi connectivity index (χ1) is 7.09. The van der Waals surface area contributed by atoms with E-state index >= 15 is 0 Å². The van der Waals surface area contributed by atoms with E-state index in [1.165, 1.54) is 5.56 Å². The Labute approximate surface area is 88.9 Å². The van der Waals surface area contributed by atoms with Gasteiger partial charge in [-0.3, -0.25) is 4.79 Å². The van der Waals surface area contributed by atoms with Crippen LogP contribution in [0.5, 0.6) is 0 Å². The number of rotatable bonds is 6. The molecule has 0 aliphatic rings. The van der Waals surface area contributed by atoms with Crippen molar-refractivity contribution in [3.05, 3.63) is 24.0 Å². The molecule has 1 heterocycles. The zero-order valence-corrected chi connectivity index (χ0v) is 8.81. The van der Waals surface area contributed by atoms with Gasteiger partial charge in [0.05, 0.1) is 0 Å². The van der Waals surface area contributed by atoms with Crippen molar-refractivity contribution in [1.82, 2.24) is 9.88 Å². The third-order valence-electron chi connectivity index (χ3n) is 2.25. The van der Waals surface area contributed by atoms with Crippen molar-refractivity contribution in [2.45, 2.75) is 19.0 Å². The van der Waals surface area contributed by atoms with Crippen LogP contribution in [0.4, 0.5) is 0 Å². The number of nitrogens with zero attached hydrogens (tertiary/aromatic N) is 1. The van der Waals surface area contributed by atoms with Gasteiger partial charge in [-0.25, -0.2) is 0 Å². The molecule has 0 bridgehead atoms. The van der Waals surface area contributed by atoms with Gasteiger partial charge in [-0.1, -0.05) is 0 Å². The number of hydrogen-bond donors (Lipinski definition) is 3. The minimum absolute atomic E-state index is 0.469. The molecule has 0 radical (unpaired) electrons. The van der Waals surface area contributed by atoms with Crippen LogP contribution in [0.1, 0.15) is 12.0 Å². The average molecular weight is 211 g/mol. The van der Waals surface area contributed by atoms with E-state index < -0.39 is 12.0 Å². The standard InChI is InChI=1S/C10H17N3O2/c1-13(5-3-9(11)10(14)15)7-8-2-4-12-6-8/h2,4,6,9,12H,3,5,7,11H2,1H3,(H,14,15). The monoisotopic (exact) mass is 211 g/mol. The lowest BCUT2D eigenvalue weighted by atomic mass is 10.2. The molecule has 5 nitrogen and oxygen atoms in total. The second-order valence-electron chi connectivity index (χ2n) is 3.69. The number of carbonyl (C=O) groups is 1. The smallest absolute Gasteiger partial charge is 0.320 e. The van der Waals surface area contributed by atoms with E-state index in [0.717, 1.165) is 6.54 Å². The Hall–Kier alpha value is -1.33. The highest BCUT2D eigenvalue weighted by Crippen LogP contribution is 2.02. The summed E-state index contributed by atoms with van der Waals surface area (Å²) in [5.74, 6) is -0.940. The molecule has 0 fully saturated rings. The molecule has 0 saturated heterocycles. The molecule has 15 heavy (non-hydrogen) atoms. The van der Waals surface area contributed by atoms with Gasteiger partial charge in [0, 0.05) is 25.5 Å². The summed E-state index contributed by atoms with van der Waals surface area (Å²) in [6.07, 6.45) is 4.26. The van der Waals surface area contributed by atoms with Crippen LogP contribution >= 0.6 is 0 Å². The summed E-state index contributed by atoms with van der Waals surface area (Å²) in [7, 11) is 1.95. The van der Waals surface area contributed by atoms with Gasteiger partial charge in [0.2, 0.25) is 0 Å². The van der Waals surface area contributed by atoms with Crippen LogP contribution in [0.3, 0.4) is 0 Å². The largest absolute Gasteiger partial charge is 0.480 e. The third kappa shape index (κ3) is 4.14. The predicted molar refractivity (Wildman–Crippen MR) is 57.4 cm³/mol. The van der Waals surface area contributed by atoms with Gasteiger partial charge < -0.3 is 20.7 Å². The Bertz CT molecular complexity index is 298. The molecule has 1 unspecified atom stereocenters. The van der Waals surface area contributed by atoms with E-state index in [2.05, 4.69) is 4.98 Å². The zero-order chi connectivity index (χ0) is 11.3. The maximum absolute atomic E-state index is 10.5. The van der Waals surface area contributed by atoms with E-state index in [4.69, 9.17) is 10.8 Å². The molecule has 0 amide bonds. The molecule has 5 heteroatoms. The van der Waals surface area contributed by atoms with E-state index in [0.29, 0.717) is 13.0 Å². The average Bonchev–Trinajstić information content (AvgIpc) is 2.66. The Balaban J connectivity index is 2.25. The minimum atomic E-state index is -0.940. The SMILES string of the molecule is CN(CCC(N)C(=O)O)Cc1cc[nH]c1. The summed E-state index contributed by atoms with van der Waals surface area (Å²) in [5.41, 5.74) is 6.59. The molecular formula is C10H17N3O2. The fourth-order valence-electron chi connectivity index (χ4n) is 1.33. The number of carboxylic acid groups (broad SMARTS) is 1. The van der Waals surface area contributed by atoms with Gasteiger partial charge in [0.1, 0.15) is 6.04 Å². The molecule has 0 aliphatic heterocycles. The van der Waals surface area contributed by atoms with E-state index in [-0.39, 0.29) is 0 Å². The second-order valence-corrected chi connectivity index (χ2v) is 3.69. The Morgan fingerprint density at radius 3 is 3.00 bits per heavy atom. The highest BCUT2D eigenvalue weighted by molar-refractivity contribution is 5.72. The van der Waals surface area contributed by atoms with Gasteiger partial charge in [-0.15, -0.1) is 0 Å². The van der Waals surface area contributed by atoms with Gasteiger partial charge >= 0.3 is 5.97 Å². The topological polar surface area (TPSA) is 82.3 Å². The molecule has 1 aromatic heterocycles. The van der Waals surface area contributed by atoms with Crippen LogP contribution in [-0.4, -0.2) is 40.6 Å². The Morgan fingerprint density at radius 1 is 1.73 bits per heavy atom. The fourth-order valence-corrected chi connectivity index (χ4v) is 1.33. The Kier molecular flexibility index (Phi) is 4.33. The van der Waals surface area contributed by atoms with E-state index in [9.17, 15) is 4.79 Å². The number of nitrogens with two attached hydrogens (primary N) is 1. The highest BCUT2D eigenvalue weighted by Gasteiger charge is 2.12. The van der Waals surface area contributed by atoms with Crippen molar-refractivity contribution >= 4 is 5.97 Å². The predicted octanol–water partition coefficient (Wildman–Crippen LogP) is 0.249. The maximum Gasteiger partial charge on any atom is 0.320 e. The van der Waals surface area contributed by atoms with Gasteiger partial charge in [0.15, 0.2) is 0 Å². The number of carboxylic acids is 1. The summed E-state index contributed by atoms with van der Waals surface area (Å²) >= 11 is 0. The van der Waals surface area contributed by atoms with Gasteiger partial charge in [-0.05, 0) is 25.1 Å². The molecule has 1 rings (SSSR count). The molecule has 0 aliphatic carbocycles. The van der Waals surface area contributed by atoms with Crippen LogP contribution in [0.15, 0.2) is 18.5 Å². The van der Waals surface area contributed by atoms with Crippen molar-refractivity contribution in [1.29, 1.82) is 0 Å².